The van der Waals surface area contributed by atoms with Crippen LogP contribution in [0.1, 0.15) is 55.6 Å². The molecule has 15 heteroatoms. The van der Waals surface area contributed by atoms with Crippen molar-refractivity contribution in [3.05, 3.63) is 62.2 Å². The molecule has 5 rings (SSSR count). The van der Waals surface area contributed by atoms with Crippen molar-refractivity contribution in [2.45, 2.75) is 50.3 Å². The highest BCUT2D eigenvalue weighted by Crippen LogP contribution is 2.42. The summed E-state index contributed by atoms with van der Waals surface area (Å²) in [6, 6.07) is 1.07. The molecule has 0 spiro atoms. The molecule has 1 aromatic carbocycles. The number of rotatable bonds is 9. The number of amidine groups is 1. The van der Waals surface area contributed by atoms with Crippen LogP contribution < -0.4 is 5.32 Å². The molecule has 1 saturated heterocycles. The van der Waals surface area contributed by atoms with Crippen LogP contribution in [0.3, 0.4) is 0 Å². The second-order valence-electron chi connectivity index (χ2n) is 10.4. The van der Waals surface area contributed by atoms with Gasteiger partial charge in [0.2, 0.25) is 10.0 Å². The highest BCUT2D eigenvalue weighted by atomic mass is 35.5. The first-order valence-electron chi connectivity index (χ1n) is 13.5. The van der Waals surface area contributed by atoms with Crippen molar-refractivity contribution in [3.63, 3.8) is 0 Å². The van der Waals surface area contributed by atoms with Gasteiger partial charge < -0.3 is 15.2 Å². The van der Waals surface area contributed by atoms with Gasteiger partial charge >= 0.3 is 11.9 Å². The van der Waals surface area contributed by atoms with Crippen LogP contribution in [0.4, 0.5) is 8.78 Å². The standard InChI is InChI=1S/C27H29ClF2N4O6S2/c1-2-40-27(37)20-23(15-5-8-34(9-6-15)42(38,39)16-11-14(12-16)13-19(35)36)32-25(26-31-7-10-41-26)33-24(20)17-3-4-18(29)22(30)21(17)28/h3-4,7,10,14-16,24H,2,5-6,8-9,11-13H2,1H3,(H,32,33)(H,35,36)/t14-,16-,24-/m1/s1. The number of carbonyl (C=O) groups is 2. The number of carboxylic acids is 1. The first-order valence-corrected chi connectivity index (χ1v) is 16.3. The molecule has 1 saturated carbocycles. The summed E-state index contributed by atoms with van der Waals surface area (Å²) in [6.07, 6.45) is 2.89. The number of esters is 1. The van der Waals surface area contributed by atoms with Crippen molar-refractivity contribution in [1.29, 1.82) is 0 Å². The van der Waals surface area contributed by atoms with Crippen molar-refractivity contribution in [1.82, 2.24) is 14.6 Å². The highest BCUT2D eigenvalue weighted by Gasteiger charge is 2.44. The average molecular weight is 643 g/mol. The Morgan fingerprint density at radius 2 is 1.95 bits per heavy atom. The summed E-state index contributed by atoms with van der Waals surface area (Å²) in [5, 5.41) is 13.3. The number of piperidine rings is 1. The highest BCUT2D eigenvalue weighted by molar-refractivity contribution is 7.89. The smallest absolute Gasteiger partial charge is 0.338 e. The fourth-order valence-corrected chi connectivity index (χ4v) is 8.70. The number of aliphatic imine (C=N–C) groups is 1. The lowest BCUT2D eigenvalue weighted by molar-refractivity contribution is -0.139. The van der Waals surface area contributed by atoms with Gasteiger partial charge in [-0.3, -0.25) is 9.79 Å². The van der Waals surface area contributed by atoms with Gasteiger partial charge in [-0.1, -0.05) is 17.7 Å². The summed E-state index contributed by atoms with van der Waals surface area (Å²) in [6.45, 7) is 2.07. The Bertz CT molecular complexity index is 1540. The quantitative estimate of drug-likeness (QED) is 0.305. The second-order valence-corrected chi connectivity index (χ2v) is 13.9. The topological polar surface area (TPSA) is 138 Å². The number of thiazole rings is 1. The van der Waals surface area contributed by atoms with Crippen molar-refractivity contribution in [3.8, 4) is 0 Å². The molecule has 0 amide bonds. The molecule has 1 aromatic heterocycles. The number of nitrogens with one attached hydrogen (secondary N) is 1. The summed E-state index contributed by atoms with van der Waals surface area (Å²) in [5.74, 6) is -4.21. The first-order chi connectivity index (χ1) is 20.0. The monoisotopic (exact) mass is 642 g/mol. The number of sulfonamides is 1. The number of hydrogen-bond donors (Lipinski definition) is 2. The van der Waals surface area contributed by atoms with Crippen molar-refractivity contribution in [2.75, 3.05) is 19.7 Å². The molecule has 0 radical (unpaired) electrons. The maximum absolute atomic E-state index is 14.6. The fourth-order valence-electron chi connectivity index (χ4n) is 5.69. The Kier molecular flexibility index (Phi) is 8.97. The lowest BCUT2D eigenvalue weighted by Crippen LogP contribution is -2.49. The maximum Gasteiger partial charge on any atom is 0.338 e. The zero-order valence-electron chi connectivity index (χ0n) is 22.6. The van der Waals surface area contributed by atoms with E-state index in [0.717, 1.165) is 6.07 Å². The van der Waals surface area contributed by atoms with Crippen LogP contribution in [0.15, 0.2) is 40.0 Å². The molecule has 2 N–H and O–H groups in total. The number of aromatic nitrogens is 1. The molecule has 226 valence electrons. The van der Waals surface area contributed by atoms with E-state index in [1.54, 1.807) is 18.5 Å². The molecule has 3 aliphatic rings. The molecular weight excluding hydrogens is 614 g/mol. The van der Waals surface area contributed by atoms with Crippen LogP contribution in [0.5, 0.6) is 0 Å². The van der Waals surface area contributed by atoms with Gasteiger partial charge in [-0.15, -0.1) is 11.3 Å². The third-order valence-corrected chi connectivity index (χ3v) is 11.3. The minimum Gasteiger partial charge on any atom is -0.481 e. The molecule has 2 fully saturated rings. The Balaban J connectivity index is 1.46. The predicted octanol–water partition coefficient (Wildman–Crippen LogP) is 4.28. The van der Waals surface area contributed by atoms with Gasteiger partial charge in [0, 0.05) is 48.3 Å². The van der Waals surface area contributed by atoms with E-state index < -0.39 is 49.9 Å². The minimum absolute atomic E-state index is 0.0450. The van der Waals surface area contributed by atoms with Gasteiger partial charge in [-0.25, -0.2) is 31.3 Å². The van der Waals surface area contributed by atoms with E-state index in [1.807, 2.05) is 0 Å². The van der Waals surface area contributed by atoms with Crippen LogP contribution >= 0.6 is 22.9 Å². The predicted molar refractivity (Wildman–Crippen MR) is 152 cm³/mol. The van der Waals surface area contributed by atoms with Gasteiger partial charge in [-0.05, 0) is 44.6 Å². The van der Waals surface area contributed by atoms with E-state index in [9.17, 15) is 26.8 Å². The molecule has 42 heavy (non-hydrogen) atoms. The summed E-state index contributed by atoms with van der Waals surface area (Å²) < 4.78 is 61.8. The van der Waals surface area contributed by atoms with Gasteiger partial charge in [0.1, 0.15) is 6.04 Å². The van der Waals surface area contributed by atoms with E-state index in [0.29, 0.717) is 42.2 Å². The number of hydrogen-bond acceptors (Lipinski definition) is 9. The molecule has 2 aromatic rings. The maximum atomic E-state index is 14.6. The Morgan fingerprint density at radius 1 is 1.24 bits per heavy atom. The van der Waals surface area contributed by atoms with Gasteiger partial charge in [0.15, 0.2) is 22.5 Å². The number of carbonyl (C=O) groups excluding carboxylic acids is 1. The molecule has 10 nitrogen and oxygen atoms in total. The molecule has 2 aliphatic heterocycles. The third-order valence-electron chi connectivity index (χ3n) is 7.86. The number of carboxylic acid groups (broad SMARTS) is 1. The van der Waals surface area contributed by atoms with E-state index in [1.165, 1.54) is 21.7 Å². The summed E-state index contributed by atoms with van der Waals surface area (Å²) in [4.78, 5) is 33.3. The van der Waals surface area contributed by atoms with Crippen LogP contribution in [-0.4, -0.2) is 65.5 Å². The molecule has 3 heterocycles. The number of allylic oxidation sites excluding steroid dienone is 1. The summed E-state index contributed by atoms with van der Waals surface area (Å²) >= 11 is 7.53. The van der Waals surface area contributed by atoms with Crippen LogP contribution in [-0.2, 0) is 24.3 Å². The number of ether oxygens (including phenoxy) is 1. The van der Waals surface area contributed by atoms with Crippen LogP contribution in [0.2, 0.25) is 5.02 Å². The second kappa shape index (κ2) is 12.3. The van der Waals surface area contributed by atoms with Crippen LogP contribution in [0, 0.1) is 23.5 Å². The zero-order valence-corrected chi connectivity index (χ0v) is 24.9. The van der Waals surface area contributed by atoms with Crippen molar-refractivity contribution in [2.24, 2.45) is 16.8 Å². The number of nitrogens with zero attached hydrogens (tertiary/aromatic N) is 3. The first kappa shape index (κ1) is 30.5. The molecule has 1 aliphatic carbocycles. The summed E-state index contributed by atoms with van der Waals surface area (Å²) in [7, 11) is -3.62. The minimum atomic E-state index is -3.62. The largest absolute Gasteiger partial charge is 0.481 e. The van der Waals surface area contributed by atoms with Crippen molar-refractivity contribution < 1.29 is 36.6 Å². The van der Waals surface area contributed by atoms with E-state index in [2.05, 4.69) is 15.3 Å². The molecule has 0 bridgehead atoms. The lowest BCUT2D eigenvalue weighted by atomic mass is 9.82. The Labute approximate surface area is 250 Å². The van der Waals surface area contributed by atoms with Gasteiger partial charge in [0.25, 0.3) is 0 Å². The average Bonchev–Trinajstić information content (AvgIpc) is 3.48. The van der Waals surface area contributed by atoms with Gasteiger partial charge in [-0.2, -0.15) is 0 Å². The molecular formula is C27H29ClF2N4O6S2. The van der Waals surface area contributed by atoms with Gasteiger partial charge in [0.05, 0.1) is 22.5 Å². The fraction of sp³-hybridized carbons (Fsp3) is 0.481. The lowest BCUT2D eigenvalue weighted by Gasteiger charge is -2.40. The molecule has 0 unspecified atom stereocenters. The number of aliphatic carboxylic acids is 1. The summed E-state index contributed by atoms with van der Waals surface area (Å²) in [5.41, 5.74) is 0.608. The van der Waals surface area contributed by atoms with E-state index >= 15 is 0 Å². The van der Waals surface area contributed by atoms with Crippen molar-refractivity contribution >= 4 is 50.7 Å². The number of halogens is 3. The van der Waals surface area contributed by atoms with E-state index in [-0.39, 0.29) is 49.1 Å². The third kappa shape index (κ3) is 5.94. The van der Waals surface area contributed by atoms with E-state index in [4.69, 9.17) is 21.4 Å². The SMILES string of the molecule is CCOC(=O)C1=C(C2CCN(S(=O)(=O)[C@H]3C[C@H](CC(=O)O)C3)CC2)NC(c2nccs2)=N[C@@H]1c1ccc(F)c(F)c1Cl. The molecule has 1 atom stereocenters. The zero-order chi connectivity index (χ0) is 30.2. The Hall–Kier alpha value is -2.94. The Morgan fingerprint density at radius 3 is 2.57 bits per heavy atom. The number of benzene rings is 1. The van der Waals surface area contributed by atoms with Crippen LogP contribution in [0.25, 0.3) is 0 Å². The normalized spacial score (nSPS) is 23.6.